The maximum atomic E-state index is 14.0. The van der Waals surface area contributed by atoms with Crippen LogP contribution in [0, 0.1) is 5.82 Å². The summed E-state index contributed by atoms with van der Waals surface area (Å²) in [5.41, 5.74) is 0.892. The van der Waals surface area contributed by atoms with E-state index in [0.717, 1.165) is 30.8 Å². The lowest BCUT2D eigenvalue weighted by atomic mass is 10.2. The van der Waals surface area contributed by atoms with Crippen LogP contribution in [0.4, 0.5) is 33.7 Å². The van der Waals surface area contributed by atoms with E-state index in [4.69, 9.17) is 0 Å². The Morgan fingerprint density at radius 1 is 1.11 bits per heavy atom. The molecular weight excluding hydrogens is 382 g/mol. The fourth-order valence-corrected chi connectivity index (χ4v) is 3.51. The molecule has 0 saturated carbocycles. The molecule has 2 saturated heterocycles. The highest BCUT2D eigenvalue weighted by molar-refractivity contribution is 5.97. The summed E-state index contributed by atoms with van der Waals surface area (Å²) in [6, 6.07) is 3.24. The average Bonchev–Trinajstić information content (AvgIpc) is 3.30. The van der Waals surface area contributed by atoms with Gasteiger partial charge in [0.1, 0.15) is 11.9 Å². The van der Waals surface area contributed by atoms with E-state index in [0.29, 0.717) is 18.5 Å². The van der Waals surface area contributed by atoms with E-state index in [1.54, 1.807) is 6.07 Å². The fraction of sp³-hybridized carbons (Fsp3) is 0.556. The first-order chi connectivity index (χ1) is 13.2. The Hall–Kier alpha value is -2.52. The third kappa shape index (κ3) is 5.05. The van der Waals surface area contributed by atoms with E-state index in [2.05, 4.69) is 10.1 Å². The van der Waals surface area contributed by atoms with Crippen molar-refractivity contribution in [2.24, 2.45) is 0 Å². The van der Waals surface area contributed by atoms with Gasteiger partial charge in [-0.2, -0.15) is 13.2 Å². The summed E-state index contributed by atoms with van der Waals surface area (Å²) in [5.74, 6) is -1.09. The van der Waals surface area contributed by atoms with Gasteiger partial charge in [0.2, 0.25) is 5.91 Å². The number of nitrogens with one attached hydrogen (secondary N) is 1. The first kappa shape index (κ1) is 20.2. The molecule has 3 rings (SSSR count). The number of hydrogen-bond donors (Lipinski definition) is 1. The van der Waals surface area contributed by atoms with Crippen LogP contribution >= 0.6 is 0 Å². The maximum Gasteiger partial charge on any atom is 0.422 e. The summed E-state index contributed by atoms with van der Waals surface area (Å²) in [4.78, 5) is 27.4. The zero-order valence-corrected chi connectivity index (χ0v) is 15.1. The molecule has 2 heterocycles. The largest absolute Gasteiger partial charge is 0.440 e. The topological polar surface area (TPSA) is 61.9 Å². The molecule has 10 heteroatoms. The SMILES string of the molecule is O=C(Nc1cc(F)cc(N2CCCC2)c1)C1CCCN1C(=O)OCC(F)(F)F. The first-order valence-electron chi connectivity index (χ1n) is 9.09. The van der Waals surface area contributed by atoms with E-state index in [1.165, 1.54) is 12.1 Å². The van der Waals surface area contributed by atoms with E-state index in [9.17, 15) is 27.2 Å². The van der Waals surface area contributed by atoms with Gasteiger partial charge in [-0.25, -0.2) is 9.18 Å². The predicted molar refractivity (Wildman–Crippen MR) is 93.6 cm³/mol. The Morgan fingerprint density at radius 3 is 2.50 bits per heavy atom. The number of carbonyl (C=O) groups is 2. The van der Waals surface area contributed by atoms with Gasteiger partial charge < -0.3 is 15.0 Å². The molecule has 6 nitrogen and oxygen atoms in total. The number of ether oxygens (including phenoxy) is 1. The number of amides is 2. The molecule has 1 N–H and O–H groups in total. The van der Waals surface area contributed by atoms with Gasteiger partial charge in [-0.05, 0) is 43.9 Å². The van der Waals surface area contributed by atoms with Crippen LogP contribution in [0.15, 0.2) is 18.2 Å². The van der Waals surface area contributed by atoms with Crippen LogP contribution < -0.4 is 10.2 Å². The van der Waals surface area contributed by atoms with E-state index in [1.807, 2.05) is 4.90 Å². The number of alkyl halides is 3. The third-order valence-corrected chi connectivity index (χ3v) is 4.77. The number of halogens is 4. The molecule has 1 unspecified atom stereocenters. The van der Waals surface area contributed by atoms with E-state index in [-0.39, 0.29) is 12.2 Å². The fourth-order valence-electron chi connectivity index (χ4n) is 3.51. The van der Waals surface area contributed by atoms with Gasteiger partial charge in [0.15, 0.2) is 6.61 Å². The van der Waals surface area contributed by atoms with Crippen molar-refractivity contribution in [1.82, 2.24) is 4.90 Å². The lowest BCUT2D eigenvalue weighted by Gasteiger charge is -2.24. The van der Waals surface area contributed by atoms with Crippen molar-refractivity contribution >= 4 is 23.4 Å². The maximum absolute atomic E-state index is 14.0. The van der Waals surface area contributed by atoms with Crippen molar-refractivity contribution < 1.29 is 31.9 Å². The van der Waals surface area contributed by atoms with Gasteiger partial charge in [0.25, 0.3) is 0 Å². The predicted octanol–water partition coefficient (Wildman–Crippen LogP) is 3.53. The molecule has 1 aromatic rings. The number of rotatable bonds is 4. The molecule has 1 atom stereocenters. The molecule has 1 aromatic carbocycles. The minimum atomic E-state index is -4.64. The Balaban J connectivity index is 1.65. The third-order valence-electron chi connectivity index (χ3n) is 4.77. The van der Waals surface area contributed by atoms with Crippen LogP contribution in [0.5, 0.6) is 0 Å². The Bertz CT molecular complexity index is 735. The summed E-state index contributed by atoms with van der Waals surface area (Å²) >= 11 is 0. The highest BCUT2D eigenvalue weighted by Gasteiger charge is 2.37. The highest BCUT2D eigenvalue weighted by atomic mass is 19.4. The number of nitrogens with zero attached hydrogens (tertiary/aromatic N) is 2. The number of benzene rings is 1. The molecule has 2 aliphatic heterocycles. The van der Waals surface area contributed by atoms with Gasteiger partial charge in [0, 0.05) is 31.0 Å². The van der Waals surface area contributed by atoms with Gasteiger partial charge >= 0.3 is 12.3 Å². The Morgan fingerprint density at radius 2 is 1.82 bits per heavy atom. The van der Waals surface area contributed by atoms with Gasteiger partial charge in [-0.1, -0.05) is 0 Å². The minimum absolute atomic E-state index is 0.122. The van der Waals surface area contributed by atoms with E-state index >= 15 is 0 Å². The van der Waals surface area contributed by atoms with Crippen LogP contribution in [-0.4, -0.2) is 55.4 Å². The van der Waals surface area contributed by atoms with Crippen molar-refractivity contribution in [3.05, 3.63) is 24.0 Å². The smallest absolute Gasteiger partial charge is 0.422 e. The number of likely N-dealkylation sites (tertiary alicyclic amines) is 1. The van der Waals surface area contributed by atoms with Gasteiger partial charge in [0.05, 0.1) is 0 Å². The molecule has 2 fully saturated rings. The molecule has 0 radical (unpaired) electrons. The monoisotopic (exact) mass is 403 g/mol. The van der Waals surface area contributed by atoms with Crippen LogP contribution in [0.1, 0.15) is 25.7 Å². The molecule has 154 valence electrons. The summed E-state index contributed by atoms with van der Waals surface area (Å²) < 4.78 is 54.9. The molecule has 2 amide bonds. The second kappa shape index (κ2) is 8.24. The Labute approximate surface area is 159 Å². The highest BCUT2D eigenvalue weighted by Crippen LogP contribution is 2.27. The summed E-state index contributed by atoms with van der Waals surface area (Å²) in [7, 11) is 0. The van der Waals surface area contributed by atoms with Crippen molar-refractivity contribution in [3.8, 4) is 0 Å². The number of anilines is 2. The lowest BCUT2D eigenvalue weighted by Crippen LogP contribution is -2.44. The number of hydrogen-bond acceptors (Lipinski definition) is 4. The Kier molecular flexibility index (Phi) is 5.95. The average molecular weight is 403 g/mol. The van der Waals surface area contributed by atoms with Crippen molar-refractivity contribution in [2.45, 2.75) is 37.9 Å². The van der Waals surface area contributed by atoms with Crippen molar-refractivity contribution in [3.63, 3.8) is 0 Å². The van der Waals surface area contributed by atoms with Crippen LogP contribution in [-0.2, 0) is 9.53 Å². The number of carbonyl (C=O) groups excluding carboxylic acids is 2. The molecule has 0 aliphatic carbocycles. The second-order valence-corrected chi connectivity index (χ2v) is 6.90. The summed E-state index contributed by atoms with van der Waals surface area (Å²) in [5, 5.41) is 2.57. The molecule has 0 spiro atoms. The zero-order valence-electron chi connectivity index (χ0n) is 15.1. The quantitative estimate of drug-likeness (QED) is 0.782. The minimum Gasteiger partial charge on any atom is -0.440 e. The van der Waals surface area contributed by atoms with Gasteiger partial charge in [-0.15, -0.1) is 0 Å². The van der Waals surface area contributed by atoms with Crippen molar-refractivity contribution in [1.29, 1.82) is 0 Å². The summed E-state index contributed by atoms with van der Waals surface area (Å²) in [6.07, 6.45) is -3.06. The molecule has 0 bridgehead atoms. The van der Waals surface area contributed by atoms with Crippen molar-refractivity contribution in [2.75, 3.05) is 36.5 Å². The molecule has 0 aromatic heterocycles. The normalized spacial score (nSPS) is 19.8. The lowest BCUT2D eigenvalue weighted by molar-refractivity contribution is -0.162. The molecular formula is C18H21F4N3O3. The molecule has 28 heavy (non-hydrogen) atoms. The van der Waals surface area contributed by atoms with E-state index < -0.39 is 36.6 Å². The van der Waals surface area contributed by atoms with Gasteiger partial charge in [-0.3, -0.25) is 9.69 Å². The first-order valence-corrected chi connectivity index (χ1v) is 9.09. The zero-order chi connectivity index (χ0) is 20.3. The molecule has 2 aliphatic rings. The summed E-state index contributed by atoms with van der Waals surface area (Å²) in [6.45, 7) is 0.0211. The second-order valence-electron chi connectivity index (χ2n) is 6.90. The standard InChI is InChI=1S/C18H21F4N3O3/c19-12-8-13(10-14(9-12)24-5-1-2-6-24)23-16(26)15-4-3-7-25(15)17(27)28-11-18(20,21)22/h8-10,15H,1-7,11H2,(H,23,26). The van der Waals surface area contributed by atoms with Crippen LogP contribution in [0.2, 0.25) is 0 Å². The van der Waals surface area contributed by atoms with Crippen LogP contribution in [0.25, 0.3) is 0 Å². The van der Waals surface area contributed by atoms with Crippen LogP contribution in [0.3, 0.4) is 0 Å².